The molecular formula is C16H25N5O. The van der Waals surface area contributed by atoms with Crippen LogP contribution in [-0.4, -0.2) is 33.4 Å². The maximum atomic E-state index is 5.20. The Morgan fingerprint density at radius 1 is 1.27 bits per heavy atom. The highest BCUT2D eigenvalue weighted by atomic mass is 16.5. The molecule has 0 amide bonds. The number of nitrogens with one attached hydrogen (secondary N) is 1. The molecule has 2 heterocycles. The molecule has 2 rings (SSSR count). The summed E-state index contributed by atoms with van der Waals surface area (Å²) in [5.74, 6) is 1.67. The summed E-state index contributed by atoms with van der Waals surface area (Å²) >= 11 is 0. The van der Waals surface area contributed by atoms with Crippen LogP contribution in [0.5, 0.6) is 0 Å². The molecule has 0 aromatic carbocycles. The Hall–Kier alpha value is -1.95. The summed E-state index contributed by atoms with van der Waals surface area (Å²) in [6.45, 7) is 7.62. The fraction of sp³-hybridized carbons (Fsp3) is 0.562. The van der Waals surface area contributed by atoms with E-state index in [9.17, 15) is 0 Å². The molecule has 2 aromatic heterocycles. The second-order valence-electron chi connectivity index (χ2n) is 6.45. The molecule has 120 valence electrons. The van der Waals surface area contributed by atoms with Crippen LogP contribution in [0.25, 0.3) is 0 Å². The van der Waals surface area contributed by atoms with Gasteiger partial charge < -0.3 is 10.1 Å². The van der Waals surface area contributed by atoms with Gasteiger partial charge in [-0.25, -0.2) is 9.97 Å². The van der Waals surface area contributed by atoms with Crippen molar-refractivity contribution in [3.8, 4) is 0 Å². The van der Waals surface area contributed by atoms with E-state index in [0.717, 1.165) is 30.3 Å². The standard InChI is InChI=1S/C16H25N5O/c1-16(2,3)15-19-13(11-22-5)8-14(20-15)17-7-6-12-9-18-21(4)10-12/h8-10H,6-7,11H2,1-5H3,(H,17,19,20). The number of nitrogens with zero attached hydrogens (tertiary/aromatic N) is 4. The molecule has 0 radical (unpaired) electrons. The SMILES string of the molecule is COCc1cc(NCCc2cnn(C)c2)nc(C(C)(C)C)n1. The molecule has 0 atom stereocenters. The summed E-state index contributed by atoms with van der Waals surface area (Å²) in [6, 6.07) is 1.95. The Bertz CT molecular complexity index is 615. The molecule has 0 bridgehead atoms. The van der Waals surface area contributed by atoms with Gasteiger partial charge in [-0.15, -0.1) is 0 Å². The van der Waals surface area contributed by atoms with Gasteiger partial charge in [0.1, 0.15) is 11.6 Å². The minimum absolute atomic E-state index is 0.0937. The monoisotopic (exact) mass is 303 g/mol. The van der Waals surface area contributed by atoms with Crippen LogP contribution in [0, 0.1) is 0 Å². The van der Waals surface area contributed by atoms with Crippen LogP contribution in [0.15, 0.2) is 18.5 Å². The fourth-order valence-corrected chi connectivity index (χ4v) is 2.08. The van der Waals surface area contributed by atoms with Gasteiger partial charge >= 0.3 is 0 Å². The van der Waals surface area contributed by atoms with Crippen molar-refractivity contribution >= 4 is 5.82 Å². The van der Waals surface area contributed by atoms with Crippen LogP contribution in [0.3, 0.4) is 0 Å². The molecule has 6 nitrogen and oxygen atoms in total. The first kappa shape index (κ1) is 16.4. The largest absolute Gasteiger partial charge is 0.378 e. The van der Waals surface area contributed by atoms with E-state index in [1.54, 1.807) is 7.11 Å². The van der Waals surface area contributed by atoms with Gasteiger partial charge in [-0.1, -0.05) is 20.8 Å². The molecule has 0 saturated carbocycles. The van der Waals surface area contributed by atoms with E-state index in [-0.39, 0.29) is 5.41 Å². The van der Waals surface area contributed by atoms with Crippen LogP contribution in [0.1, 0.15) is 37.9 Å². The smallest absolute Gasteiger partial charge is 0.136 e. The molecule has 1 N–H and O–H groups in total. The third-order valence-electron chi connectivity index (χ3n) is 3.22. The Kier molecular flexibility index (Phi) is 5.13. The molecule has 0 aliphatic carbocycles. The van der Waals surface area contributed by atoms with Crippen molar-refractivity contribution in [1.82, 2.24) is 19.7 Å². The van der Waals surface area contributed by atoms with E-state index in [4.69, 9.17) is 4.74 Å². The van der Waals surface area contributed by atoms with Gasteiger partial charge in [0, 0.05) is 38.4 Å². The Morgan fingerprint density at radius 3 is 2.64 bits per heavy atom. The first-order chi connectivity index (χ1) is 10.4. The van der Waals surface area contributed by atoms with Gasteiger partial charge in [0.15, 0.2) is 0 Å². The zero-order chi connectivity index (χ0) is 16.2. The molecule has 0 saturated heterocycles. The second-order valence-corrected chi connectivity index (χ2v) is 6.45. The van der Waals surface area contributed by atoms with Crippen molar-refractivity contribution in [3.05, 3.63) is 35.5 Å². The third-order valence-corrected chi connectivity index (χ3v) is 3.22. The number of anilines is 1. The van der Waals surface area contributed by atoms with E-state index in [1.165, 1.54) is 5.56 Å². The number of aromatic nitrogens is 4. The van der Waals surface area contributed by atoms with E-state index in [0.29, 0.717) is 6.61 Å². The Labute approximate surface area is 131 Å². The van der Waals surface area contributed by atoms with Crippen LogP contribution >= 0.6 is 0 Å². The first-order valence-corrected chi connectivity index (χ1v) is 7.47. The van der Waals surface area contributed by atoms with Gasteiger partial charge in [-0.05, 0) is 12.0 Å². The highest BCUT2D eigenvalue weighted by molar-refractivity contribution is 5.37. The number of hydrogen-bond donors (Lipinski definition) is 1. The molecule has 22 heavy (non-hydrogen) atoms. The lowest BCUT2D eigenvalue weighted by Crippen LogP contribution is -2.19. The molecule has 2 aromatic rings. The van der Waals surface area contributed by atoms with E-state index in [1.807, 2.05) is 30.2 Å². The van der Waals surface area contributed by atoms with Crippen molar-refractivity contribution in [2.75, 3.05) is 19.0 Å². The zero-order valence-corrected chi connectivity index (χ0v) is 14.1. The lowest BCUT2D eigenvalue weighted by Gasteiger charge is -2.19. The van der Waals surface area contributed by atoms with Crippen molar-refractivity contribution < 1.29 is 4.74 Å². The van der Waals surface area contributed by atoms with Crippen LogP contribution in [0.2, 0.25) is 0 Å². The Morgan fingerprint density at radius 2 is 2.05 bits per heavy atom. The summed E-state index contributed by atoms with van der Waals surface area (Å²) in [5, 5.41) is 7.54. The van der Waals surface area contributed by atoms with Crippen molar-refractivity contribution in [3.63, 3.8) is 0 Å². The molecule has 0 spiro atoms. The minimum Gasteiger partial charge on any atom is -0.378 e. The zero-order valence-electron chi connectivity index (χ0n) is 14.1. The van der Waals surface area contributed by atoms with Gasteiger partial charge in [0.2, 0.25) is 0 Å². The summed E-state index contributed by atoms with van der Waals surface area (Å²) in [7, 11) is 3.60. The number of ether oxygens (including phenoxy) is 1. The van der Waals surface area contributed by atoms with Gasteiger partial charge in [-0.3, -0.25) is 4.68 Å². The summed E-state index contributed by atoms with van der Waals surface area (Å²) in [6.07, 6.45) is 4.82. The van der Waals surface area contributed by atoms with Crippen LogP contribution in [-0.2, 0) is 30.2 Å². The molecule has 0 fully saturated rings. The number of aryl methyl sites for hydroxylation is 1. The number of hydrogen-bond acceptors (Lipinski definition) is 5. The lowest BCUT2D eigenvalue weighted by atomic mass is 9.95. The van der Waals surface area contributed by atoms with Crippen molar-refractivity contribution in [1.29, 1.82) is 0 Å². The molecule has 0 unspecified atom stereocenters. The van der Waals surface area contributed by atoms with Gasteiger partial charge in [0.05, 0.1) is 18.5 Å². The number of rotatable bonds is 6. The fourth-order valence-electron chi connectivity index (χ4n) is 2.08. The van der Waals surface area contributed by atoms with Crippen molar-refractivity contribution in [2.24, 2.45) is 7.05 Å². The molecular weight excluding hydrogens is 278 g/mol. The van der Waals surface area contributed by atoms with Gasteiger partial charge in [0.25, 0.3) is 0 Å². The number of methoxy groups -OCH3 is 1. The summed E-state index contributed by atoms with van der Waals surface area (Å²) in [5.41, 5.74) is 2.01. The highest BCUT2D eigenvalue weighted by Gasteiger charge is 2.19. The van der Waals surface area contributed by atoms with Gasteiger partial charge in [-0.2, -0.15) is 5.10 Å². The molecule has 0 aliphatic rings. The molecule has 6 heteroatoms. The normalized spacial score (nSPS) is 11.7. The first-order valence-electron chi connectivity index (χ1n) is 7.47. The van der Waals surface area contributed by atoms with E-state index < -0.39 is 0 Å². The van der Waals surface area contributed by atoms with E-state index >= 15 is 0 Å². The maximum Gasteiger partial charge on any atom is 0.136 e. The summed E-state index contributed by atoms with van der Waals surface area (Å²) < 4.78 is 7.01. The Balaban J connectivity index is 2.06. The average Bonchev–Trinajstić information content (AvgIpc) is 2.84. The van der Waals surface area contributed by atoms with Crippen molar-refractivity contribution in [2.45, 2.75) is 39.2 Å². The third kappa shape index (κ3) is 4.53. The van der Waals surface area contributed by atoms with Crippen LogP contribution < -0.4 is 5.32 Å². The van der Waals surface area contributed by atoms with Crippen LogP contribution in [0.4, 0.5) is 5.82 Å². The quantitative estimate of drug-likeness (QED) is 0.887. The minimum atomic E-state index is -0.0937. The second kappa shape index (κ2) is 6.87. The topological polar surface area (TPSA) is 64.9 Å². The van der Waals surface area contributed by atoms with E-state index in [2.05, 4.69) is 41.2 Å². The predicted molar refractivity (Wildman–Crippen MR) is 86.8 cm³/mol. The predicted octanol–water partition coefficient (Wildman–Crippen LogP) is 2.31. The maximum absolute atomic E-state index is 5.20. The lowest BCUT2D eigenvalue weighted by molar-refractivity contribution is 0.181. The summed E-state index contributed by atoms with van der Waals surface area (Å²) in [4.78, 5) is 9.20. The highest BCUT2D eigenvalue weighted by Crippen LogP contribution is 2.20. The average molecular weight is 303 g/mol. The molecule has 0 aliphatic heterocycles.